The number of halogens is 8. The van der Waals surface area contributed by atoms with Crippen LogP contribution in [0.3, 0.4) is 0 Å². The summed E-state index contributed by atoms with van der Waals surface area (Å²) < 4.78 is 108. The fourth-order valence-corrected chi connectivity index (χ4v) is 1.59. The molecule has 1 nitrogen and oxygen atoms in total. The van der Waals surface area contributed by atoms with Crippen molar-refractivity contribution >= 4 is 10.2 Å². The van der Waals surface area contributed by atoms with Crippen molar-refractivity contribution in [1.29, 1.82) is 0 Å². The molecule has 0 aliphatic heterocycles. The van der Waals surface area contributed by atoms with Gasteiger partial charge in [0.2, 0.25) is 5.82 Å². The predicted octanol–water partition coefficient (Wildman–Crippen LogP) is 3.21. The molecule has 0 radical (unpaired) electrons. The van der Waals surface area contributed by atoms with E-state index in [-0.39, 0.29) is 0 Å². The van der Waals surface area contributed by atoms with Gasteiger partial charge in [-0.3, -0.25) is 0 Å². The van der Waals surface area contributed by atoms with Crippen LogP contribution in [0.15, 0.2) is 4.90 Å². The molecule has 0 saturated carbocycles. The Morgan fingerprint density at radius 3 is 1.12 bits per heavy atom. The molecule has 0 heterocycles. The van der Waals surface area contributed by atoms with Crippen LogP contribution < -0.4 is 0 Å². The molecule has 0 aliphatic rings. The van der Waals surface area contributed by atoms with E-state index in [0.29, 0.717) is 0 Å². The molecule has 0 aromatic heterocycles. The summed E-state index contributed by atoms with van der Waals surface area (Å²) in [6.45, 7) is 0. The van der Waals surface area contributed by atoms with Gasteiger partial charge in [-0.05, 0) is 0 Å². The normalized spacial score (nSPS) is 14.6. The van der Waals surface area contributed by atoms with Crippen molar-refractivity contribution in [1.82, 2.24) is 0 Å². The highest BCUT2D eigenvalue weighted by molar-refractivity contribution is 8.06. The average Bonchev–Trinajstić information content (AvgIpc) is 2.08. The quantitative estimate of drug-likeness (QED) is 0.332. The summed E-state index contributed by atoms with van der Waals surface area (Å²) in [5, 5.41) is 0. The zero-order chi connectivity index (χ0) is 12.9. The second-order valence-electron chi connectivity index (χ2n) is 2.58. The smallest absolute Gasteiger partial charge is 0.202 e. The first-order valence-electron chi connectivity index (χ1n) is 3.28. The van der Waals surface area contributed by atoms with E-state index in [1.54, 1.807) is 0 Å². The van der Waals surface area contributed by atoms with Crippen LogP contribution in [0.4, 0.5) is 33.6 Å². The Labute approximate surface area is 83.0 Å². The molecule has 1 aromatic carbocycles. The van der Waals surface area contributed by atoms with Crippen LogP contribution >= 0.6 is 0 Å². The third-order valence-electron chi connectivity index (χ3n) is 1.48. The van der Waals surface area contributed by atoms with Gasteiger partial charge in [0.05, 0.1) is 0 Å². The third kappa shape index (κ3) is 1.88. The lowest BCUT2D eigenvalue weighted by atomic mass is 10.3. The van der Waals surface area contributed by atoms with Crippen LogP contribution in [0.25, 0.3) is 0 Å². The average molecular weight is 272 g/mol. The molecule has 0 aliphatic carbocycles. The summed E-state index contributed by atoms with van der Waals surface area (Å²) >= 11 is 0. The molecule has 0 amide bonds. The van der Waals surface area contributed by atoms with Crippen molar-refractivity contribution in [2.45, 2.75) is 4.90 Å². The first kappa shape index (κ1) is 12.9. The fourth-order valence-electron chi connectivity index (χ4n) is 0.861. The first-order valence-corrected chi connectivity index (χ1v) is 4.95. The number of hydrogen-bond acceptors (Lipinski definition) is 1. The minimum absolute atomic E-state index is 2.75. The Morgan fingerprint density at radius 1 is 0.625 bits per heavy atom. The van der Waals surface area contributed by atoms with Crippen molar-refractivity contribution in [3.8, 4) is 0 Å². The summed E-state index contributed by atoms with van der Waals surface area (Å²) in [6.07, 6.45) is 0. The molecule has 16 heavy (non-hydrogen) atoms. The molecule has 0 atom stereocenters. The largest absolute Gasteiger partial charge is 0.327 e. The fraction of sp³-hybridized carbons (Fsp3) is 0. The zero-order valence-corrected chi connectivity index (χ0v) is 7.66. The van der Waals surface area contributed by atoms with Gasteiger partial charge in [0, 0.05) is 0 Å². The molecule has 10 heteroatoms. The second kappa shape index (κ2) is 3.15. The van der Waals surface area contributed by atoms with Gasteiger partial charge < -0.3 is 0 Å². The Kier molecular flexibility index (Phi) is 2.54. The highest BCUT2D eigenvalue weighted by atomic mass is 32.4. The molecule has 0 spiro atoms. The third-order valence-corrected chi connectivity index (χ3v) is 2.47. The van der Waals surface area contributed by atoms with Crippen LogP contribution in [-0.4, -0.2) is 4.21 Å². The monoisotopic (exact) mass is 272 g/mol. The first-order chi connectivity index (χ1) is 6.93. The molecule has 92 valence electrons. The van der Waals surface area contributed by atoms with E-state index in [4.69, 9.17) is 0 Å². The molecular formula is C6F8OS. The van der Waals surface area contributed by atoms with Crippen LogP contribution in [0.1, 0.15) is 0 Å². The molecule has 0 fully saturated rings. The van der Waals surface area contributed by atoms with E-state index in [1.165, 1.54) is 0 Å². The molecule has 0 saturated heterocycles. The second-order valence-corrected chi connectivity index (χ2v) is 4.34. The van der Waals surface area contributed by atoms with Gasteiger partial charge in [-0.1, -0.05) is 11.7 Å². The molecular weight excluding hydrogens is 272 g/mol. The number of hydrogen-bond donors (Lipinski definition) is 0. The predicted molar refractivity (Wildman–Crippen MR) is 36.0 cm³/mol. The van der Waals surface area contributed by atoms with Gasteiger partial charge in [0.15, 0.2) is 28.2 Å². The minimum Gasteiger partial charge on any atom is -0.202 e. The maximum atomic E-state index is 12.5. The van der Waals surface area contributed by atoms with Gasteiger partial charge in [-0.15, -0.1) is 0 Å². The van der Waals surface area contributed by atoms with Crippen LogP contribution in [0.5, 0.6) is 0 Å². The van der Waals surface area contributed by atoms with E-state index in [2.05, 4.69) is 0 Å². The van der Waals surface area contributed by atoms with Gasteiger partial charge in [0.1, 0.15) is 0 Å². The standard InChI is InChI=1S/C6F8OS/c7-1-2(8)4(10)6(5(11)3(1)9)16(12,13,14)15. The van der Waals surface area contributed by atoms with Crippen LogP contribution in [0.2, 0.25) is 0 Å². The summed E-state index contributed by atoms with van der Waals surface area (Å²) in [6, 6.07) is 0. The van der Waals surface area contributed by atoms with Crippen molar-refractivity contribution < 1.29 is 37.8 Å². The van der Waals surface area contributed by atoms with Crippen molar-refractivity contribution in [3.05, 3.63) is 29.1 Å². The van der Waals surface area contributed by atoms with Gasteiger partial charge >= 0.3 is 10.2 Å². The lowest BCUT2D eigenvalue weighted by Crippen LogP contribution is -2.20. The summed E-state index contributed by atoms with van der Waals surface area (Å²) in [5.41, 5.74) is 0. The van der Waals surface area contributed by atoms with Crippen molar-refractivity contribution in [3.63, 3.8) is 0 Å². The van der Waals surface area contributed by atoms with E-state index in [1.807, 2.05) is 0 Å². The van der Waals surface area contributed by atoms with Crippen LogP contribution in [0, 0.1) is 29.1 Å². The Hall–Kier alpha value is -1.19. The molecule has 0 bridgehead atoms. The Bertz CT molecular complexity index is 492. The van der Waals surface area contributed by atoms with Crippen LogP contribution in [-0.2, 0) is 10.2 Å². The minimum atomic E-state index is -8.57. The molecule has 1 rings (SSSR count). The number of rotatable bonds is 1. The van der Waals surface area contributed by atoms with E-state index in [0.717, 1.165) is 0 Å². The van der Waals surface area contributed by atoms with Gasteiger partial charge in [0.25, 0.3) is 0 Å². The van der Waals surface area contributed by atoms with E-state index >= 15 is 0 Å². The zero-order valence-electron chi connectivity index (χ0n) is 6.84. The highest BCUT2D eigenvalue weighted by Crippen LogP contribution is 2.44. The number of benzene rings is 1. The van der Waals surface area contributed by atoms with E-state index < -0.39 is 44.2 Å². The lowest BCUT2D eigenvalue weighted by Gasteiger charge is -2.16. The van der Waals surface area contributed by atoms with Crippen molar-refractivity contribution in [2.24, 2.45) is 0 Å². The van der Waals surface area contributed by atoms with Gasteiger partial charge in [-0.25, -0.2) is 22.0 Å². The Morgan fingerprint density at radius 2 is 0.875 bits per heavy atom. The molecule has 0 N–H and O–H groups in total. The topological polar surface area (TPSA) is 17.1 Å². The van der Waals surface area contributed by atoms with E-state index in [9.17, 15) is 37.8 Å². The maximum absolute atomic E-state index is 12.5. The lowest BCUT2D eigenvalue weighted by molar-refractivity contribution is 0.346. The summed E-state index contributed by atoms with van der Waals surface area (Å²) in [7, 11) is -8.57. The maximum Gasteiger partial charge on any atom is 0.327 e. The van der Waals surface area contributed by atoms with Crippen molar-refractivity contribution in [2.75, 3.05) is 0 Å². The molecule has 0 unspecified atom stereocenters. The molecule has 1 aromatic rings. The Balaban J connectivity index is 3.88. The summed E-state index contributed by atoms with van der Waals surface area (Å²) in [5.74, 6) is -14.7. The SMILES string of the molecule is O=S(F)(F)(F)c1c(F)c(F)c(F)c(F)c1F. The summed E-state index contributed by atoms with van der Waals surface area (Å²) in [4.78, 5) is -3.26. The van der Waals surface area contributed by atoms with Gasteiger partial charge in [-0.2, -0.15) is 4.21 Å². The highest BCUT2D eigenvalue weighted by Gasteiger charge is 2.47.